The lowest BCUT2D eigenvalue weighted by molar-refractivity contribution is 0.0695. The van der Waals surface area contributed by atoms with Crippen molar-refractivity contribution in [2.45, 2.75) is 42.5 Å². The summed E-state index contributed by atoms with van der Waals surface area (Å²) in [6, 6.07) is 18.5. The molecule has 3 aromatic rings. The van der Waals surface area contributed by atoms with Crippen LogP contribution in [0.3, 0.4) is 0 Å². The van der Waals surface area contributed by atoms with Crippen molar-refractivity contribution >= 4 is 15.8 Å². The van der Waals surface area contributed by atoms with Crippen molar-refractivity contribution in [3.8, 4) is 11.1 Å². The van der Waals surface area contributed by atoms with Crippen molar-refractivity contribution in [2.24, 2.45) is 5.73 Å². The smallest absolute Gasteiger partial charge is 0.335 e. The van der Waals surface area contributed by atoms with E-state index in [1.54, 1.807) is 60.7 Å². The standard InChI is InChI=1S/C24H25NO4S/c1-3-21-22(8-5-9-23(21)24(26)27)18-6-4-7-20(15-18)30(28,29)19-12-10-17(11-13-19)14-16(2)25/h4-13,15-16H,3,14,25H2,1-2H3,(H,26,27). The third-order valence-electron chi connectivity index (χ3n) is 5.01. The van der Waals surface area contributed by atoms with Crippen LogP contribution in [0.4, 0.5) is 0 Å². The number of carboxylic acids is 1. The highest BCUT2D eigenvalue weighted by molar-refractivity contribution is 7.91. The predicted molar refractivity (Wildman–Crippen MR) is 117 cm³/mol. The fourth-order valence-electron chi connectivity index (χ4n) is 3.58. The quantitative estimate of drug-likeness (QED) is 0.589. The molecule has 1 atom stereocenters. The molecule has 0 aliphatic rings. The van der Waals surface area contributed by atoms with Gasteiger partial charge in [0.15, 0.2) is 0 Å². The van der Waals surface area contributed by atoms with E-state index >= 15 is 0 Å². The molecule has 0 spiro atoms. The maximum absolute atomic E-state index is 13.2. The van der Waals surface area contributed by atoms with Crippen LogP contribution in [-0.2, 0) is 22.7 Å². The van der Waals surface area contributed by atoms with Crippen LogP contribution in [0.2, 0.25) is 0 Å². The maximum atomic E-state index is 13.2. The van der Waals surface area contributed by atoms with Gasteiger partial charge in [0.2, 0.25) is 9.84 Å². The summed E-state index contributed by atoms with van der Waals surface area (Å²) in [5, 5.41) is 9.47. The monoisotopic (exact) mass is 423 g/mol. The van der Waals surface area contributed by atoms with Crippen LogP contribution < -0.4 is 5.73 Å². The highest BCUT2D eigenvalue weighted by Gasteiger charge is 2.20. The van der Waals surface area contributed by atoms with Crippen molar-refractivity contribution in [3.05, 3.63) is 83.4 Å². The Morgan fingerprint density at radius 3 is 2.27 bits per heavy atom. The summed E-state index contributed by atoms with van der Waals surface area (Å²) in [5.74, 6) is -0.996. The zero-order valence-corrected chi connectivity index (χ0v) is 17.8. The molecule has 1 unspecified atom stereocenters. The lowest BCUT2D eigenvalue weighted by Crippen LogP contribution is -2.17. The zero-order chi connectivity index (χ0) is 21.9. The Balaban J connectivity index is 2.03. The van der Waals surface area contributed by atoms with E-state index in [9.17, 15) is 18.3 Å². The molecular formula is C24H25NO4S. The third kappa shape index (κ3) is 4.45. The second kappa shape index (κ2) is 8.81. The second-order valence-corrected chi connectivity index (χ2v) is 9.30. The molecule has 3 aromatic carbocycles. The van der Waals surface area contributed by atoms with Gasteiger partial charge in [-0.3, -0.25) is 0 Å². The first kappa shape index (κ1) is 21.7. The molecule has 30 heavy (non-hydrogen) atoms. The highest BCUT2D eigenvalue weighted by atomic mass is 32.2. The Bertz CT molecular complexity index is 1170. The van der Waals surface area contributed by atoms with Crippen molar-refractivity contribution in [3.63, 3.8) is 0 Å². The summed E-state index contributed by atoms with van der Waals surface area (Å²) in [6.07, 6.45) is 1.20. The average molecular weight is 424 g/mol. The van der Waals surface area contributed by atoms with E-state index in [1.807, 2.05) is 19.9 Å². The van der Waals surface area contributed by atoms with Gasteiger partial charge in [0, 0.05) is 6.04 Å². The largest absolute Gasteiger partial charge is 0.478 e. The Kier molecular flexibility index (Phi) is 6.39. The zero-order valence-electron chi connectivity index (χ0n) is 17.0. The Morgan fingerprint density at radius 2 is 1.67 bits per heavy atom. The normalized spacial score (nSPS) is 12.5. The number of carbonyl (C=O) groups is 1. The van der Waals surface area contributed by atoms with Gasteiger partial charge in [0.25, 0.3) is 0 Å². The Hall–Kier alpha value is -2.96. The van der Waals surface area contributed by atoms with E-state index in [0.29, 0.717) is 24.0 Å². The minimum atomic E-state index is -3.71. The lowest BCUT2D eigenvalue weighted by atomic mass is 9.94. The van der Waals surface area contributed by atoms with Crippen molar-refractivity contribution < 1.29 is 18.3 Å². The van der Waals surface area contributed by atoms with E-state index in [4.69, 9.17) is 5.73 Å². The summed E-state index contributed by atoms with van der Waals surface area (Å²) in [4.78, 5) is 11.9. The maximum Gasteiger partial charge on any atom is 0.335 e. The van der Waals surface area contributed by atoms with Gasteiger partial charge >= 0.3 is 5.97 Å². The molecule has 0 aliphatic carbocycles. The van der Waals surface area contributed by atoms with Gasteiger partial charge in [-0.15, -0.1) is 0 Å². The number of hydrogen-bond acceptors (Lipinski definition) is 4. The molecule has 0 heterocycles. The van der Waals surface area contributed by atoms with E-state index in [2.05, 4.69) is 0 Å². The fraction of sp³-hybridized carbons (Fsp3) is 0.208. The molecule has 6 heteroatoms. The van der Waals surface area contributed by atoms with Crippen LogP contribution in [0, 0.1) is 0 Å². The molecule has 0 bridgehead atoms. The van der Waals surface area contributed by atoms with E-state index < -0.39 is 15.8 Å². The topological polar surface area (TPSA) is 97.5 Å². The molecule has 0 aromatic heterocycles. The van der Waals surface area contributed by atoms with Crippen LogP contribution in [0.25, 0.3) is 11.1 Å². The molecule has 0 aliphatic heterocycles. The minimum Gasteiger partial charge on any atom is -0.478 e. The number of sulfone groups is 1. The summed E-state index contributed by atoms with van der Waals surface area (Å²) in [5.41, 5.74) is 9.10. The van der Waals surface area contributed by atoms with Gasteiger partial charge in [-0.1, -0.05) is 43.3 Å². The number of aromatic carboxylic acids is 1. The molecule has 0 saturated heterocycles. The number of benzene rings is 3. The van der Waals surface area contributed by atoms with Crippen molar-refractivity contribution in [1.82, 2.24) is 0 Å². The first-order valence-electron chi connectivity index (χ1n) is 9.79. The number of rotatable bonds is 7. The van der Waals surface area contributed by atoms with Gasteiger partial charge in [0.1, 0.15) is 0 Å². The predicted octanol–water partition coefficient (Wildman–Crippen LogP) is 4.34. The van der Waals surface area contributed by atoms with Crippen molar-refractivity contribution in [2.75, 3.05) is 0 Å². The van der Waals surface area contributed by atoms with Crippen LogP contribution in [0.15, 0.2) is 76.5 Å². The summed E-state index contributed by atoms with van der Waals surface area (Å²) in [7, 11) is -3.71. The molecule has 0 fully saturated rings. The van der Waals surface area contributed by atoms with Gasteiger partial charge < -0.3 is 10.8 Å². The second-order valence-electron chi connectivity index (χ2n) is 7.35. The molecule has 0 amide bonds. The van der Waals surface area contributed by atoms with E-state index in [0.717, 1.165) is 11.1 Å². The molecule has 0 saturated carbocycles. The Morgan fingerprint density at radius 1 is 1.00 bits per heavy atom. The van der Waals surface area contributed by atoms with E-state index in [1.165, 1.54) is 0 Å². The molecule has 3 rings (SSSR count). The average Bonchev–Trinajstić information content (AvgIpc) is 2.73. The summed E-state index contributed by atoms with van der Waals surface area (Å²) >= 11 is 0. The minimum absolute atomic E-state index is 0.00142. The Labute approximate surface area is 177 Å². The first-order valence-corrected chi connectivity index (χ1v) is 11.3. The SMILES string of the molecule is CCc1c(C(=O)O)cccc1-c1cccc(S(=O)(=O)c2ccc(CC(C)N)cc2)c1. The molecular weight excluding hydrogens is 398 g/mol. The fourth-order valence-corrected chi connectivity index (χ4v) is 4.89. The highest BCUT2D eigenvalue weighted by Crippen LogP contribution is 2.30. The number of carboxylic acid groups (broad SMARTS) is 1. The van der Waals surface area contributed by atoms with Crippen molar-refractivity contribution in [1.29, 1.82) is 0 Å². The summed E-state index contributed by atoms with van der Waals surface area (Å²) < 4.78 is 26.3. The molecule has 3 N–H and O–H groups in total. The number of nitrogens with two attached hydrogens (primary N) is 1. The van der Waals surface area contributed by atoms with E-state index in [-0.39, 0.29) is 21.4 Å². The molecule has 156 valence electrons. The van der Waals surface area contributed by atoms with Crippen LogP contribution >= 0.6 is 0 Å². The molecule has 5 nitrogen and oxygen atoms in total. The van der Waals surface area contributed by atoms with Crippen LogP contribution in [-0.4, -0.2) is 25.5 Å². The molecule has 0 radical (unpaired) electrons. The van der Waals surface area contributed by atoms with Crippen LogP contribution in [0.5, 0.6) is 0 Å². The summed E-state index contributed by atoms with van der Waals surface area (Å²) in [6.45, 7) is 3.79. The van der Waals surface area contributed by atoms with Gasteiger partial charge in [-0.2, -0.15) is 0 Å². The third-order valence-corrected chi connectivity index (χ3v) is 6.77. The van der Waals surface area contributed by atoms with Gasteiger partial charge in [-0.05, 0) is 72.4 Å². The number of hydrogen-bond donors (Lipinski definition) is 2. The lowest BCUT2D eigenvalue weighted by Gasteiger charge is -2.13. The van der Waals surface area contributed by atoms with Gasteiger partial charge in [-0.25, -0.2) is 13.2 Å². The van der Waals surface area contributed by atoms with Gasteiger partial charge in [0.05, 0.1) is 15.4 Å². The first-order chi connectivity index (χ1) is 14.2. The van der Waals surface area contributed by atoms with Crippen LogP contribution in [0.1, 0.15) is 35.3 Å².